The first kappa shape index (κ1) is 16.6. The Morgan fingerprint density at radius 2 is 2.12 bits per heavy atom. The topological polar surface area (TPSA) is 131 Å². The van der Waals surface area contributed by atoms with Crippen LogP contribution in [0.2, 0.25) is 5.02 Å². The maximum Gasteiger partial charge on any atom is 0.274 e. The molecule has 0 saturated carbocycles. The fourth-order valence-corrected chi connectivity index (χ4v) is 2.48. The van der Waals surface area contributed by atoms with E-state index in [-0.39, 0.29) is 5.96 Å². The van der Waals surface area contributed by atoms with Crippen molar-refractivity contribution in [3.63, 3.8) is 0 Å². The average Bonchev–Trinajstić information content (AvgIpc) is 2.99. The first-order valence-electron chi connectivity index (χ1n) is 7.21. The lowest BCUT2D eigenvalue weighted by Gasteiger charge is -2.07. The van der Waals surface area contributed by atoms with Crippen molar-refractivity contribution in [3.05, 3.63) is 47.2 Å². The van der Waals surface area contributed by atoms with E-state index in [1.807, 2.05) is 0 Å². The maximum atomic E-state index is 12.1. The zero-order valence-corrected chi connectivity index (χ0v) is 14.0. The van der Waals surface area contributed by atoms with E-state index in [2.05, 4.69) is 20.3 Å². The number of halogens is 1. The van der Waals surface area contributed by atoms with Crippen LogP contribution in [0, 0.1) is 0 Å². The Labute approximate surface area is 147 Å². The number of anilines is 1. The lowest BCUT2D eigenvalue weighted by Crippen LogP contribution is -2.36. The van der Waals surface area contributed by atoms with Gasteiger partial charge in [-0.1, -0.05) is 11.6 Å². The summed E-state index contributed by atoms with van der Waals surface area (Å²) in [6, 6.07) is 8.28. The molecule has 8 nitrogen and oxygen atoms in total. The number of nitrogens with zero attached hydrogens (tertiary/aromatic N) is 2. The standard InChI is InChI=1S/C16H15ClN6O2/c1-20-16(19)23-15(24)13-7-10-11(17)4-9(5-12(10)22-13)25-8-2-3-21-14(18)6-8/h2-7,22H,1H3,(H2,18,21)(H3,19,20,23,24). The molecule has 0 spiro atoms. The number of rotatable bonds is 3. The highest BCUT2D eigenvalue weighted by molar-refractivity contribution is 6.35. The summed E-state index contributed by atoms with van der Waals surface area (Å²) in [6.07, 6.45) is 1.54. The van der Waals surface area contributed by atoms with Crippen LogP contribution in [0.4, 0.5) is 5.82 Å². The molecule has 0 aliphatic carbocycles. The van der Waals surface area contributed by atoms with Gasteiger partial charge in [0.2, 0.25) is 0 Å². The summed E-state index contributed by atoms with van der Waals surface area (Å²) in [4.78, 5) is 22.7. The molecule has 0 saturated heterocycles. The highest BCUT2D eigenvalue weighted by Gasteiger charge is 2.13. The van der Waals surface area contributed by atoms with Crippen molar-refractivity contribution >= 4 is 40.2 Å². The van der Waals surface area contributed by atoms with E-state index in [0.717, 1.165) is 0 Å². The molecule has 25 heavy (non-hydrogen) atoms. The number of nitrogens with one attached hydrogen (secondary N) is 2. The van der Waals surface area contributed by atoms with Crippen LogP contribution in [-0.4, -0.2) is 28.9 Å². The first-order valence-corrected chi connectivity index (χ1v) is 7.59. The molecule has 0 radical (unpaired) electrons. The van der Waals surface area contributed by atoms with Crippen LogP contribution in [0.3, 0.4) is 0 Å². The second-order valence-electron chi connectivity index (χ2n) is 5.13. The summed E-state index contributed by atoms with van der Waals surface area (Å²) in [7, 11) is 1.48. The van der Waals surface area contributed by atoms with E-state index in [0.29, 0.717) is 38.9 Å². The monoisotopic (exact) mass is 358 g/mol. The molecular formula is C16H15ClN6O2. The SMILES string of the molecule is CN=C(N)NC(=O)c1cc2c(Cl)cc(Oc3ccnc(N)c3)cc2[nH]1. The number of fused-ring (bicyclic) bond motifs is 1. The number of guanidine groups is 1. The Balaban J connectivity index is 1.92. The van der Waals surface area contributed by atoms with Gasteiger partial charge in [-0.05, 0) is 12.1 Å². The van der Waals surface area contributed by atoms with Crippen LogP contribution < -0.4 is 21.5 Å². The van der Waals surface area contributed by atoms with E-state index < -0.39 is 5.91 Å². The normalized spacial score (nSPS) is 11.5. The van der Waals surface area contributed by atoms with Crippen LogP contribution in [-0.2, 0) is 0 Å². The Kier molecular flexibility index (Phi) is 4.44. The van der Waals surface area contributed by atoms with Gasteiger partial charge in [0, 0.05) is 36.8 Å². The number of aromatic nitrogens is 2. The van der Waals surface area contributed by atoms with Crippen molar-refractivity contribution in [3.8, 4) is 11.5 Å². The predicted octanol–water partition coefficient (Wildman–Crippen LogP) is 2.27. The van der Waals surface area contributed by atoms with Gasteiger partial charge in [-0.2, -0.15) is 0 Å². The van der Waals surface area contributed by atoms with Crippen molar-refractivity contribution < 1.29 is 9.53 Å². The number of aromatic amines is 1. The molecular weight excluding hydrogens is 344 g/mol. The highest BCUT2D eigenvalue weighted by atomic mass is 35.5. The summed E-state index contributed by atoms with van der Waals surface area (Å²) in [5.74, 6) is 0.971. The number of carbonyl (C=O) groups is 1. The number of aliphatic imine (C=N–C) groups is 1. The summed E-state index contributed by atoms with van der Waals surface area (Å²) >= 11 is 6.29. The number of nitrogen functional groups attached to an aromatic ring is 1. The van der Waals surface area contributed by atoms with Gasteiger partial charge in [-0.25, -0.2) is 4.98 Å². The zero-order chi connectivity index (χ0) is 18.0. The van der Waals surface area contributed by atoms with E-state index >= 15 is 0 Å². The third kappa shape index (κ3) is 3.64. The molecule has 0 bridgehead atoms. The number of amides is 1. The number of hydrogen-bond donors (Lipinski definition) is 4. The highest BCUT2D eigenvalue weighted by Crippen LogP contribution is 2.32. The second kappa shape index (κ2) is 6.70. The van der Waals surface area contributed by atoms with Crippen LogP contribution >= 0.6 is 11.6 Å². The van der Waals surface area contributed by atoms with Gasteiger partial charge in [-0.3, -0.25) is 15.1 Å². The molecule has 2 aromatic heterocycles. The van der Waals surface area contributed by atoms with Crippen LogP contribution in [0.15, 0.2) is 41.5 Å². The molecule has 0 fully saturated rings. The molecule has 0 aliphatic rings. The zero-order valence-electron chi connectivity index (χ0n) is 13.2. The summed E-state index contributed by atoms with van der Waals surface area (Å²) in [5, 5.41) is 3.56. The van der Waals surface area contributed by atoms with Crippen molar-refractivity contribution in [2.24, 2.45) is 10.7 Å². The first-order chi connectivity index (χ1) is 12.0. The lowest BCUT2D eigenvalue weighted by molar-refractivity contribution is 0.0972. The summed E-state index contributed by atoms with van der Waals surface area (Å²) in [6.45, 7) is 0. The molecule has 3 aromatic rings. The van der Waals surface area contributed by atoms with E-state index in [9.17, 15) is 4.79 Å². The number of ether oxygens (including phenoxy) is 1. The summed E-state index contributed by atoms with van der Waals surface area (Å²) < 4.78 is 5.74. The minimum absolute atomic E-state index is 0.0223. The number of hydrogen-bond acceptors (Lipinski definition) is 5. The van der Waals surface area contributed by atoms with Gasteiger partial charge in [0.05, 0.1) is 10.5 Å². The van der Waals surface area contributed by atoms with E-state index in [1.54, 1.807) is 36.5 Å². The van der Waals surface area contributed by atoms with Gasteiger partial charge in [0.15, 0.2) is 5.96 Å². The molecule has 2 heterocycles. The van der Waals surface area contributed by atoms with Crippen LogP contribution in [0.5, 0.6) is 11.5 Å². The quantitative estimate of drug-likeness (QED) is 0.421. The van der Waals surface area contributed by atoms with E-state index in [1.165, 1.54) is 7.05 Å². The fourth-order valence-electron chi connectivity index (χ4n) is 2.22. The Bertz CT molecular complexity index is 982. The molecule has 3 rings (SSSR count). The molecule has 0 unspecified atom stereocenters. The van der Waals surface area contributed by atoms with Gasteiger partial charge in [0.1, 0.15) is 23.0 Å². The van der Waals surface area contributed by atoms with Crippen molar-refractivity contribution in [2.75, 3.05) is 12.8 Å². The number of benzene rings is 1. The molecule has 0 aliphatic heterocycles. The second-order valence-corrected chi connectivity index (χ2v) is 5.54. The molecule has 0 atom stereocenters. The molecule has 6 N–H and O–H groups in total. The predicted molar refractivity (Wildman–Crippen MR) is 97.0 cm³/mol. The largest absolute Gasteiger partial charge is 0.457 e. The van der Waals surface area contributed by atoms with Crippen molar-refractivity contribution in [2.45, 2.75) is 0 Å². The average molecular weight is 359 g/mol. The molecule has 1 amide bonds. The third-order valence-corrected chi connectivity index (χ3v) is 3.69. The van der Waals surface area contributed by atoms with Gasteiger partial charge < -0.3 is 21.2 Å². The third-order valence-electron chi connectivity index (χ3n) is 3.38. The van der Waals surface area contributed by atoms with Gasteiger partial charge in [-0.15, -0.1) is 0 Å². The minimum atomic E-state index is -0.417. The summed E-state index contributed by atoms with van der Waals surface area (Å²) in [5.41, 5.74) is 12.1. The van der Waals surface area contributed by atoms with Crippen LogP contribution in [0.1, 0.15) is 10.5 Å². The number of nitrogens with two attached hydrogens (primary N) is 2. The molecule has 9 heteroatoms. The molecule has 1 aromatic carbocycles. The van der Waals surface area contributed by atoms with Gasteiger partial charge in [0.25, 0.3) is 5.91 Å². The Morgan fingerprint density at radius 1 is 1.32 bits per heavy atom. The van der Waals surface area contributed by atoms with Crippen molar-refractivity contribution in [1.29, 1.82) is 0 Å². The maximum absolute atomic E-state index is 12.1. The van der Waals surface area contributed by atoms with E-state index in [4.69, 9.17) is 27.8 Å². The van der Waals surface area contributed by atoms with Gasteiger partial charge >= 0.3 is 0 Å². The minimum Gasteiger partial charge on any atom is -0.457 e. The Morgan fingerprint density at radius 3 is 2.84 bits per heavy atom. The smallest absolute Gasteiger partial charge is 0.274 e. The lowest BCUT2D eigenvalue weighted by atomic mass is 10.2. The number of pyridine rings is 1. The number of carbonyl (C=O) groups excluding carboxylic acids is 1. The fraction of sp³-hybridized carbons (Fsp3) is 0.0625. The van der Waals surface area contributed by atoms with Crippen molar-refractivity contribution in [1.82, 2.24) is 15.3 Å². The molecule has 128 valence electrons. The number of H-pyrrole nitrogens is 1. The van der Waals surface area contributed by atoms with Crippen LogP contribution in [0.25, 0.3) is 10.9 Å². The Hall–Kier alpha value is -3.26.